The van der Waals surface area contributed by atoms with E-state index in [1.807, 2.05) is 10.9 Å². The van der Waals surface area contributed by atoms with Crippen molar-refractivity contribution in [2.75, 3.05) is 6.61 Å². The first kappa shape index (κ1) is 11.6. The van der Waals surface area contributed by atoms with Crippen LogP contribution in [0.2, 0.25) is 0 Å². The van der Waals surface area contributed by atoms with Gasteiger partial charge in [0.25, 0.3) is 0 Å². The number of ether oxygens (including phenoxy) is 1. The van der Waals surface area contributed by atoms with Crippen molar-refractivity contribution in [3.05, 3.63) is 18.0 Å². The Balaban J connectivity index is 1.97. The second-order valence-electron chi connectivity index (χ2n) is 4.67. The summed E-state index contributed by atoms with van der Waals surface area (Å²) in [6.45, 7) is 9.12. The van der Waals surface area contributed by atoms with Crippen molar-refractivity contribution < 1.29 is 4.74 Å². The summed E-state index contributed by atoms with van der Waals surface area (Å²) in [7, 11) is 0. The first-order chi connectivity index (χ1) is 7.65. The number of hydrogen-bond donors (Lipinski definition) is 1. The second-order valence-corrected chi connectivity index (χ2v) is 4.67. The van der Waals surface area contributed by atoms with E-state index in [4.69, 9.17) is 4.74 Å². The molecule has 1 N–H and O–H groups in total. The molecule has 2 heterocycles. The van der Waals surface area contributed by atoms with E-state index in [0.29, 0.717) is 0 Å². The molecule has 0 aromatic carbocycles. The van der Waals surface area contributed by atoms with Crippen LogP contribution in [0.5, 0.6) is 0 Å². The number of rotatable bonds is 4. The molecule has 90 valence electrons. The number of aromatic nitrogens is 2. The summed E-state index contributed by atoms with van der Waals surface area (Å²) in [5.74, 6) is 0. The molecule has 0 bridgehead atoms. The van der Waals surface area contributed by atoms with Gasteiger partial charge in [0.2, 0.25) is 0 Å². The van der Waals surface area contributed by atoms with Crippen LogP contribution >= 0.6 is 0 Å². The molecule has 2 rings (SSSR count). The lowest BCUT2D eigenvalue weighted by atomic mass is 9.94. The van der Waals surface area contributed by atoms with Gasteiger partial charge < -0.3 is 10.1 Å². The number of nitrogens with one attached hydrogen (secondary N) is 1. The van der Waals surface area contributed by atoms with Crippen LogP contribution in [0.15, 0.2) is 12.3 Å². The van der Waals surface area contributed by atoms with Crippen molar-refractivity contribution in [1.82, 2.24) is 15.1 Å². The fourth-order valence-electron chi connectivity index (χ4n) is 2.15. The number of aryl methyl sites for hydroxylation is 1. The Morgan fingerprint density at radius 3 is 3.12 bits per heavy atom. The zero-order valence-electron chi connectivity index (χ0n) is 10.4. The van der Waals surface area contributed by atoms with E-state index in [-0.39, 0.29) is 11.6 Å². The van der Waals surface area contributed by atoms with Gasteiger partial charge in [-0.05, 0) is 33.3 Å². The fourth-order valence-corrected chi connectivity index (χ4v) is 2.15. The van der Waals surface area contributed by atoms with Gasteiger partial charge in [-0.2, -0.15) is 5.10 Å². The van der Waals surface area contributed by atoms with Crippen molar-refractivity contribution in [2.24, 2.45) is 0 Å². The Kier molecular flexibility index (Phi) is 3.30. The van der Waals surface area contributed by atoms with Gasteiger partial charge in [-0.15, -0.1) is 0 Å². The highest BCUT2D eigenvalue weighted by Gasteiger charge is 2.36. The van der Waals surface area contributed by atoms with Crippen LogP contribution in [-0.4, -0.2) is 28.0 Å². The molecule has 1 saturated heterocycles. The zero-order chi connectivity index (χ0) is 11.6. The lowest BCUT2D eigenvalue weighted by molar-refractivity contribution is 0.0879. The largest absolute Gasteiger partial charge is 0.377 e. The molecule has 0 spiro atoms. The summed E-state index contributed by atoms with van der Waals surface area (Å²) in [4.78, 5) is 0. The van der Waals surface area contributed by atoms with Crippen LogP contribution in [0.1, 0.15) is 32.9 Å². The van der Waals surface area contributed by atoms with Gasteiger partial charge in [0, 0.05) is 31.4 Å². The normalized spacial score (nSPS) is 29.8. The highest BCUT2D eigenvalue weighted by atomic mass is 16.5. The topological polar surface area (TPSA) is 39.1 Å². The van der Waals surface area contributed by atoms with Gasteiger partial charge in [0.15, 0.2) is 0 Å². The number of nitrogens with zero attached hydrogens (tertiary/aromatic N) is 2. The summed E-state index contributed by atoms with van der Waals surface area (Å²) in [6.07, 6.45) is 3.22. The van der Waals surface area contributed by atoms with Gasteiger partial charge in [0.05, 0.1) is 11.8 Å². The zero-order valence-corrected chi connectivity index (χ0v) is 10.4. The summed E-state index contributed by atoms with van der Waals surface area (Å²) < 4.78 is 7.63. The molecule has 2 atom stereocenters. The third-order valence-corrected chi connectivity index (χ3v) is 3.66. The smallest absolute Gasteiger partial charge is 0.0726 e. The molecule has 0 amide bonds. The Bertz CT molecular complexity index is 350. The lowest BCUT2D eigenvalue weighted by Crippen LogP contribution is -2.47. The first-order valence-electron chi connectivity index (χ1n) is 6.03. The van der Waals surface area contributed by atoms with Crippen LogP contribution in [-0.2, 0) is 17.8 Å². The standard InChI is InChI=1S/C12H21N3O/c1-4-15-11(5-7-14-15)9-13-12(3)6-8-16-10(12)2/h5,7,10,13H,4,6,8-9H2,1-3H3. The average molecular weight is 223 g/mol. The highest BCUT2D eigenvalue weighted by molar-refractivity contribution is 5.03. The maximum absolute atomic E-state index is 5.61. The van der Waals surface area contributed by atoms with E-state index in [1.54, 1.807) is 0 Å². The van der Waals surface area contributed by atoms with Crippen molar-refractivity contribution >= 4 is 0 Å². The quantitative estimate of drug-likeness (QED) is 0.842. The monoisotopic (exact) mass is 223 g/mol. The van der Waals surface area contributed by atoms with E-state index in [1.165, 1.54) is 5.69 Å². The van der Waals surface area contributed by atoms with E-state index in [9.17, 15) is 0 Å². The van der Waals surface area contributed by atoms with Crippen LogP contribution < -0.4 is 5.32 Å². The van der Waals surface area contributed by atoms with Crippen LogP contribution in [0.4, 0.5) is 0 Å². The molecule has 4 heteroatoms. The first-order valence-corrected chi connectivity index (χ1v) is 6.03. The predicted molar refractivity (Wildman–Crippen MR) is 63.2 cm³/mol. The summed E-state index contributed by atoms with van der Waals surface area (Å²) in [5.41, 5.74) is 1.34. The Hall–Kier alpha value is -0.870. The molecule has 1 aromatic rings. The molecule has 0 saturated carbocycles. The Morgan fingerprint density at radius 1 is 1.69 bits per heavy atom. The third kappa shape index (κ3) is 2.13. The van der Waals surface area contributed by atoms with Crippen molar-refractivity contribution in [1.29, 1.82) is 0 Å². The Morgan fingerprint density at radius 2 is 2.50 bits per heavy atom. The molecule has 1 aliphatic rings. The van der Waals surface area contributed by atoms with Crippen molar-refractivity contribution in [2.45, 2.75) is 51.9 Å². The summed E-state index contributed by atoms with van der Waals surface area (Å²) in [5, 5.41) is 7.87. The minimum absolute atomic E-state index is 0.100. The van der Waals surface area contributed by atoms with Gasteiger partial charge in [-0.1, -0.05) is 0 Å². The van der Waals surface area contributed by atoms with Crippen molar-refractivity contribution in [3.8, 4) is 0 Å². The predicted octanol–water partition coefficient (Wildman–Crippen LogP) is 1.56. The van der Waals surface area contributed by atoms with E-state index >= 15 is 0 Å². The molecule has 0 radical (unpaired) electrons. The van der Waals surface area contributed by atoms with Gasteiger partial charge >= 0.3 is 0 Å². The second kappa shape index (κ2) is 4.55. The summed E-state index contributed by atoms with van der Waals surface area (Å²) in [6, 6.07) is 2.07. The average Bonchev–Trinajstić information content (AvgIpc) is 2.84. The molecular weight excluding hydrogens is 202 g/mol. The van der Waals surface area contributed by atoms with Gasteiger partial charge in [-0.25, -0.2) is 0 Å². The van der Waals surface area contributed by atoms with Gasteiger partial charge in [0.1, 0.15) is 0 Å². The van der Waals surface area contributed by atoms with Gasteiger partial charge in [-0.3, -0.25) is 4.68 Å². The van der Waals surface area contributed by atoms with Crippen LogP contribution in [0.3, 0.4) is 0 Å². The van der Waals surface area contributed by atoms with Crippen LogP contribution in [0.25, 0.3) is 0 Å². The molecule has 4 nitrogen and oxygen atoms in total. The SMILES string of the molecule is CCn1nccc1CNC1(C)CCOC1C. The molecule has 1 aromatic heterocycles. The van der Waals surface area contributed by atoms with E-state index in [0.717, 1.165) is 26.1 Å². The molecule has 16 heavy (non-hydrogen) atoms. The molecular formula is C12H21N3O. The Labute approximate surface area is 97.0 Å². The molecule has 1 fully saturated rings. The fraction of sp³-hybridized carbons (Fsp3) is 0.750. The maximum Gasteiger partial charge on any atom is 0.0726 e. The minimum Gasteiger partial charge on any atom is -0.377 e. The van der Waals surface area contributed by atoms with E-state index in [2.05, 4.69) is 37.3 Å². The lowest BCUT2D eigenvalue weighted by Gasteiger charge is -2.29. The number of hydrogen-bond acceptors (Lipinski definition) is 3. The minimum atomic E-state index is 0.100. The maximum atomic E-state index is 5.61. The molecule has 1 aliphatic heterocycles. The van der Waals surface area contributed by atoms with Crippen molar-refractivity contribution in [3.63, 3.8) is 0 Å². The highest BCUT2D eigenvalue weighted by Crippen LogP contribution is 2.25. The molecule has 0 aliphatic carbocycles. The molecule has 2 unspecified atom stereocenters. The van der Waals surface area contributed by atoms with Crippen LogP contribution in [0, 0.1) is 0 Å². The third-order valence-electron chi connectivity index (χ3n) is 3.66. The van der Waals surface area contributed by atoms with E-state index < -0.39 is 0 Å². The summed E-state index contributed by atoms with van der Waals surface area (Å²) >= 11 is 0.